The maximum absolute atomic E-state index is 12.7. The minimum absolute atomic E-state index is 0.136. The largest absolute Gasteiger partial charge is 0.492 e. The fourth-order valence-corrected chi connectivity index (χ4v) is 4.73. The fraction of sp³-hybridized carbons (Fsp3) is 0.207. The molecule has 0 spiro atoms. The monoisotopic (exact) mass is 550 g/mol. The topological polar surface area (TPSA) is 84.9 Å². The Labute approximate surface area is 230 Å². The second kappa shape index (κ2) is 12.7. The number of nitrogens with zero attached hydrogens (tertiary/aromatic N) is 1. The lowest BCUT2D eigenvalue weighted by molar-refractivity contribution is -0.123. The molecular formula is C29H27ClN2O5S. The predicted molar refractivity (Wildman–Crippen MR) is 151 cm³/mol. The van der Waals surface area contributed by atoms with Gasteiger partial charge < -0.3 is 14.8 Å². The number of para-hydroxylation sites is 1. The molecule has 0 atom stereocenters. The number of rotatable bonds is 10. The highest BCUT2D eigenvalue weighted by Crippen LogP contribution is 2.32. The number of amides is 3. The summed E-state index contributed by atoms with van der Waals surface area (Å²) in [5, 5.41) is 3.15. The summed E-state index contributed by atoms with van der Waals surface area (Å²) in [5.74, 6) is 0.789. The van der Waals surface area contributed by atoms with E-state index in [2.05, 4.69) is 19.2 Å². The summed E-state index contributed by atoms with van der Waals surface area (Å²) in [7, 11) is 0. The van der Waals surface area contributed by atoms with E-state index in [9.17, 15) is 14.4 Å². The van der Waals surface area contributed by atoms with Gasteiger partial charge in [0.15, 0.2) is 6.61 Å². The van der Waals surface area contributed by atoms with Crippen molar-refractivity contribution in [2.45, 2.75) is 19.8 Å². The van der Waals surface area contributed by atoms with Crippen molar-refractivity contribution < 1.29 is 23.9 Å². The zero-order valence-electron chi connectivity index (χ0n) is 21.0. The first-order chi connectivity index (χ1) is 18.3. The first-order valence-corrected chi connectivity index (χ1v) is 13.2. The van der Waals surface area contributed by atoms with Gasteiger partial charge in [-0.15, -0.1) is 0 Å². The van der Waals surface area contributed by atoms with E-state index in [1.54, 1.807) is 54.6 Å². The van der Waals surface area contributed by atoms with E-state index in [-0.39, 0.29) is 42.7 Å². The minimum atomic E-state index is -0.363. The molecule has 9 heteroatoms. The van der Waals surface area contributed by atoms with Crippen LogP contribution in [0, 0.1) is 0 Å². The maximum atomic E-state index is 12.7. The van der Waals surface area contributed by atoms with E-state index >= 15 is 0 Å². The van der Waals surface area contributed by atoms with Crippen LogP contribution in [0.4, 0.5) is 10.5 Å². The summed E-state index contributed by atoms with van der Waals surface area (Å²) in [4.78, 5) is 39.0. The zero-order valence-corrected chi connectivity index (χ0v) is 22.6. The predicted octanol–water partition coefficient (Wildman–Crippen LogP) is 6.60. The Balaban J connectivity index is 1.28. The number of imide groups is 1. The molecule has 0 radical (unpaired) electrons. The van der Waals surface area contributed by atoms with Crippen molar-refractivity contribution >= 4 is 52.2 Å². The average Bonchev–Trinajstić information content (AvgIpc) is 3.17. The molecule has 38 heavy (non-hydrogen) atoms. The van der Waals surface area contributed by atoms with Gasteiger partial charge in [-0.2, -0.15) is 0 Å². The molecule has 0 aliphatic carbocycles. The minimum Gasteiger partial charge on any atom is -0.492 e. The van der Waals surface area contributed by atoms with Crippen molar-refractivity contribution in [3.63, 3.8) is 0 Å². The zero-order chi connectivity index (χ0) is 27.1. The molecule has 3 amide bonds. The molecule has 4 rings (SSSR count). The first-order valence-electron chi connectivity index (χ1n) is 12.1. The van der Waals surface area contributed by atoms with Crippen molar-refractivity contribution in [3.05, 3.63) is 93.9 Å². The number of hydrogen-bond acceptors (Lipinski definition) is 6. The van der Waals surface area contributed by atoms with Crippen LogP contribution in [0.3, 0.4) is 0 Å². The molecule has 3 aromatic carbocycles. The normalized spacial score (nSPS) is 14.3. The van der Waals surface area contributed by atoms with Gasteiger partial charge in [-0.1, -0.05) is 55.8 Å². The number of carbonyl (C=O) groups is 3. The Hall–Kier alpha value is -3.75. The van der Waals surface area contributed by atoms with Crippen molar-refractivity contribution in [3.8, 4) is 11.5 Å². The van der Waals surface area contributed by atoms with Crippen molar-refractivity contribution in [2.24, 2.45) is 0 Å². The van der Waals surface area contributed by atoms with Gasteiger partial charge in [-0.25, -0.2) is 0 Å². The molecule has 1 heterocycles. The third-order valence-electron chi connectivity index (χ3n) is 5.68. The SMILES string of the molecule is CC(C)c1ccccc1NC(=O)COc1ccc(/C=C2\SC(=O)N(CCOc3ccc(Cl)cc3)C2=O)cc1. The molecule has 0 aromatic heterocycles. The molecular weight excluding hydrogens is 524 g/mol. The van der Waals surface area contributed by atoms with Gasteiger partial charge >= 0.3 is 0 Å². The Bertz CT molecular complexity index is 1340. The van der Waals surface area contributed by atoms with Crippen LogP contribution in [0.15, 0.2) is 77.7 Å². The van der Waals surface area contributed by atoms with Crippen LogP contribution in [0.25, 0.3) is 6.08 Å². The molecule has 0 saturated carbocycles. The summed E-state index contributed by atoms with van der Waals surface area (Å²) in [5.41, 5.74) is 2.57. The van der Waals surface area contributed by atoms with Crippen molar-refractivity contribution in [1.82, 2.24) is 4.90 Å². The Morgan fingerprint density at radius 2 is 1.63 bits per heavy atom. The number of carbonyl (C=O) groups excluding carboxylic acids is 3. The number of hydrogen-bond donors (Lipinski definition) is 1. The number of anilines is 1. The lowest BCUT2D eigenvalue weighted by Crippen LogP contribution is -2.32. The van der Waals surface area contributed by atoms with Gasteiger partial charge in [0.05, 0.1) is 11.4 Å². The molecule has 1 fully saturated rings. The van der Waals surface area contributed by atoms with Gasteiger partial charge in [0.1, 0.15) is 18.1 Å². The van der Waals surface area contributed by atoms with Gasteiger partial charge in [0.2, 0.25) is 0 Å². The van der Waals surface area contributed by atoms with Crippen LogP contribution in [0.1, 0.15) is 30.9 Å². The third kappa shape index (κ3) is 7.18. The second-order valence-corrected chi connectivity index (χ2v) is 10.2. The molecule has 1 aliphatic heterocycles. The molecule has 7 nitrogen and oxygen atoms in total. The van der Waals surface area contributed by atoms with E-state index in [1.165, 1.54) is 4.90 Å². The number of halogens is 1. The molecule has 1 N–H and O–H groups in total. The summed E-state index contributed by atoms with van der Waals surface area (Å²) >= 11 is 6.75. The summed E-state index contributed by atoms with van der Waals surface area (Å²) in [6.07, 6.45) is 1.66. The number of benzene rings is 3. The number of thioether (sulfide) groups is 1. The Morgan fingerprint density at radius 1 is 0.974 bits per heavy atom. The maximum Gasteiger partial charge on any atom is 0.293 e. The number of nitrogens with one attached hydrogen (secondary N) is 1. The van der Waals surface area contributed by atoms with Crippen LogP contribution >= 0.6 is 23.4 Å². The fourth-order valence-electron chi connectivity index (χ4n) is 3.74. The van der Waals surface area contributed by atoms with Crippen LogP contribution in [-0.4, -0.2) is 41.7 Å². The van der Waals surface area contributed by atoms with Gasteiger partial charge in [-0.3, -0.25) is 19.3 Å². The highest BCUT2D eigenvalue weighted by atomic mass is 35.5. The van der Waals surface area contributed by atoms with Gasteiger partial charge in [-0.05, 0) is 77.3 Å². The number of ether oxygens (including phenoxy) is 2. The smallest absolute Gasteiger partial charge is 0.293 e. The molecule has 0 unspecified atom stereocenters. The summed E-state index contributed by atoms with van der Waals surface area (Å²) in [6.45, 7) is 4.32. The van der Waals surface area contributed by atoms with E-state index in [0.717, 1.165) is 28.6 Å². The van der Waals surface area contributed by atoms with Gasteiger partial charge in [0.25, 0.3) is 17.1 Å². The quantitative estimate of drug-likeness (QED) is 0.286. The lowest BCUT2D eigenvalue weighted by Gasteiger charge is -2.14. The van der Waals surface area contributed by atoms with Gasteiger partial charge in [0, 0.05) is 10.7 Å². The first kappa shape index (κ1) is 27.3. The summed E-state index contributed by atoms with van der Waals surface area (Å²) in [6, 6.07) is 21.5. The van der Waals surface area contributed by atoms with E-state index in [4.69, 9.17) is 21.1 Å². The van der Waals surface area contributed by atoms with Crippen molar-refractivity contribution in [1.29, 1.82) is 0 Å². The van der Waals surface area contributed by atoms with Crippen molar-refractivity contribution in [2.75, 3.05) is 25.1 Å². The van der Waals surface area contributed by atoms with Crippen LogP contribution in [0.5, 0.6) is 11.5 Å². The molecule has 0 bridgehead atoms. The summed E-state index contributed by atoms with van der Waals surface area (Å²) < 4.78 is 11.2. The highest BCUT2D eigenvalue weighted by Gasteiger charge is 2.34. The van der Waals surface area contributed by atoms with Crippen LogP contribution < -0.4 is 14.8 Å². The Kier molecular flexibility index (Phi) is 9.10. The molecule has 1 saturated heterocycles. The Morgan fingerprint density at radius 3 is 2.34 bits per heavy atom. The standard InChI is InChI=1S/C29H27ClN2O5S/c1-19(2)24-5-3-4-6-25(24)31-27(33)18-37-23-11-7-20(8-12-23)17-26-28(34)32(29(35)38-26)15-16-36-22-13-9-21(30)10-14-22/h3-14,17,19H,15-16,18H2,1-2H3,(H,31,33)/b26-17-. The lowest BCUT2D eigenvalue weighted by atomic mass is 10.0. The highest BCUT2D eigenvalue weighted by molar-refractivity contribution is 8.18. The average molecular weight is 551 g/mol. The van der Waals surface area contributed by atoms with Crippen LogP contribution in [-0.2, 0) is 9.59 Å². The van der Waals surface area contributed by atoms with Crippen LogP contribution in [0.2, 0.25) is 5.02 Å². The molecule has 3 aromatic rings. The molecule has 1 aliphatic rings. The van der Waals surface area contributed by atoms with E-state index < -0.39 is 0 Å². The van der Waals surface area contributed by atoms with E-state index in [1.807, 2.05) is 24.3 Å². The van der Waals surface area contributed by atoms with E-state index in [0.29, 0.717) is 21.4 Å². The third-order valence-corrected chi connectivity index (χ3v) is 6.83. The molecule has 196 valence electrons. The second-order valence-electron chi connectivity index (χ2n) is 8.78.